The first-order chi connectivity index (χ1) is 24.1. The van der Waals surface area contributed by atoms with Gasteiger partial charge in [-0.05, 0) is 95.8 Å². The average molecular weight is 702 g/mol. The summed E-state index contributed by atoms with van der Waals surface area (Å²) in [6.07, 6.45) is 9.10. The molecule has 1 aliphatic heterocycles. The number of rotatable bonds is 9. The summed E-state index contributed by atoms with van der Waals surface area (Å²) >= 11 is 0. The van der Waals surface area contributed by atoms with E-state index >= 15 is 0 Å². The maximum Gasteiger partial charge on any atom is 0.357 e. The molecule has 276 valence electrons. The summed E-state index contributed by atoms with van der Waals surface area (Å²) in [6.45, 7) is 14.8. The monoisotopic (exact) mass is 701 g/mol. The van der Waals surface area contributed by atoms with E-state index in [9.17, 15) is 19.2 Å². The fourth-order valence-corrected chi connectivity index (χ4v) is 12.6. The number of ketones is 1. The SMILES string of the molecule is CC(=O)OC(C1=C(CN(C)OC(=O)c2ccccc2)C(C)CO1)[C@@H](C)[C@H]1[C@@H](OC(C)=O)C[C@@]2(C)C3CCC4[C@H](C)C(=O)C=C[C@@]45C[C@@]35CC[C@]12C. The van der Waals surface area contributed by atoms with E-state index in [4.69, 9.17) is 19.0 Å². The number of hydrogen-bond donors (Lipinski definition) is 0. The molecule has 0 saturated heterocycles. The van der Waals surface area contributed by atoms with E-state index in [0.29, 0.717) is 29.8 Å². The van der Waals surface area contributed by atoms with Crippen LogP contribution in [0.2, 0.25) is 0 Å². The third kappa shape index (κ3) is 5.42. The minimum Gasteiger partial charge on any atom is -0.493 e. The number of fused-ring (bicyclic) bond motifs is 2. The molecule has 0 aromatic heterocycles. The van der Waals surface area contributed by atoms with Gasteiger partial charge in [-0.25, -0.2) is 4.79 Å². The van der Waals surface area contributed by atoms with Crippen LogP contribution in [0.5, 0.6) is 0 Å². The zero-order valence-electron chi connectivity index (χ0n) is 31.5. The molecule has 0 N–H and O–H groups in total. The third-order valence-electron chi connectivity index (χ3n) is 15.0. The smallest absolute Gasteiger partial charge is 0.357 e. The second-order valence-corrected chi connectivity index (χ2v) is 17.4. The van der Waals surface area contributed by atoms with Crippen molar-refractivity contribution in [3.63, 3.8) is 0 Å². The summed E-state index contributed by atoms with van der Waals surface area (Å²) < 4.78 is 18.9. The molecule has 0 amide bonds. The van der Waals surface area contributed by atoms with Crippen molar-refractivity contribution in [3.05, 3.63) is 59.4 Å². The number of ether oxygens (including phenoxy) is 3. The number of hydroxylamine groups is 2. The molecule has 4 fully saturated rings. The topological polar surface area (TPSA) is 108 Å². The van der Waals surface area contributed by atoms with Gasteiger partial charge in [0.15, 0.2) is 11.9 Å². The van der Waals surface area contributed by atoms with Crippen LogP contribution >= 0.6 is 0 Å². The van der Waals surface area contributed by atoms with Gasteiger partial charge in [-0.3, -0.25) is 14.4 Å². The standard InChI is InChI=1S/C42H55NO8/c1-24-22-48-37(30(24)21-43(8)51-38(47)29-12-10-9-11-13-29)36(50-28(5)45)26(3)35-33(49-27(4)44)20-40(7)34-15-14-31-25(2)32(46)16-17-41(31)23-42(34,41)19-18-39(35,40)6/h9-13,16-17,24-26,31,33-36H,14-15,18-23H2,1-8H3/t24?,25-,26-,31?,33-,34?,35-,36?,39+,40-,41+,42-/m0/s1. The van der Waals surface area contributed by atoms with Crippen LogP contribution in [0.3, 0.4) is 0 Å². The van der Waals surface area contributed by atoms with Gasteiger partial charge in [0.1, 0.15) is 11.9 Å². The maximum atomic E-state index is 12.9. The third-order valence-corrected chi connectivity index (χ3v) is 15.0. The summed E-state index contributed by atoms with van der Waals surface area (Å²) in [6, 6.07) is 8.86. The Bertz CT molecular complexity index is 1670. The van der Waals surface area contributed by atoms with Gasteiger partial charge >= 0.3 is 17.9 Å². The Kier molecular flexibility index (Phi) is 8.87. The molecule has 51 heavy (non-hydrogen) atoms. The van der Waals surface area contributed by atoms with Crippen LogP contribution < -0.4 is 0 Å². The summed E-state index contributed by atoms with van der Waals surface area (Å²) in [5, 5.41) is 1.51. The Morgan fingerprint density at radius 3 is 2.43 bits per heavy atom. The van der Waals surface area contributed by atoms with Crippen molar-refractivity contribution in [3.8, 4) is 0 Å². The van der Waals surface area contributed by atoms with Crippen LogP contribution in [0.25, 0.3) is 0 Å². The number of likely N-dealkylation sites (N-methyl/N-ethyl adjacent to an activating group) is 1. The Hall–Kier alpha value is -3.46. The van der Waals surface area contributed by atoms with Crippen molar-refractivity contribution in [1.29, 1.82) is 0 Å². The number of allylic oxidation sites excluding steroid dienone is 2. The molecule has 2 spiro atoms. The average Bonchev–Trinajstić information content (AvgIpc) is 3.53. The van der Waals surface area contributed by atoms with Gasteiger partial charge in [-0.15, -0.1) is 5.06 Å². The summed E-state index contributed by atoms with van der Waals surface area (Å²) in [7, 11) is 1.72. The van der Waals surface area contributed by atoms with Crippen LogP contribution in [0.1, 0.15) is 97.3 Å². The molecule has 5 aliphatic carbocycles. The molecule has 0 radical (unpaired) electrons. The summed E-state index contributed by atoms with van der Waals surface area (Å²) in [5.74, 6) is 0.233. The normalized spacial score (nSPS) is 40.3. The molecule has 9 nitrogen and oxygen atoms in total. The van der Waals surface area contributed by atoms with Gasteiger partial charge in [0.05, 0.1) is 18.7 Å². The van der Waals surface area contributed by atoms with Gasteiger partial charge < -0.3 is 19.0 Å². The predicted octanol–water partition coefficient (Wildman–Crippen LogP) is 7.11. The van der Waals surface area contributed by atoms with E-state index in [1.807, 2.05) is 12.1 Å². The minimum atomic E-state index is -0.713. The molecular formula is C42H55NO8. The highest BCUT2D eigenvalue weighted by Crippen LogP contribution is 2.87. The second kappa shape index (κ2) is 12.6. The number of carbonyl (C=O) groups is 4. The Balaban J connectivity index is 1.21. The van der Waals surface area contributed by atoms with Gasteiger partial charge in [0.2, 0.25) is 0 Å². The Labute approximate surface area is 302 Å². The predicted molar refractivity (Wildman–Crippen MR) is 189 cm³/mol. The van der Waals surface area contributed by atoms with Crippen molar-refractivity contribution < 1.29 is 38.2 Å². The van der Waals surface area contributed by atoms with Crippen LogP contribution in [0.15, 0.2) is 53.8 Å². The lowest BCUT2D eigenvalue weighted by atomic mass is 9.43. The number of nitrogens with zero attached hydrogens (tertiary/aromatic N) is 1. The zero-order valence-corrected chi connectivity index (χ0v) is 31.5. The summed E-state index contributed by atoms with van der Waals surface area (Å²) in [5.41, 5.74) is 1.26. The van der Waals surface area contributed by atoms with Crippen molar-refractivity contribution >= 4 is 23.7 Å². The molecule has 7 rings (SSSR count). The lowest BCUT2D eigenvalue weighted by molar-refractivity contribution is -0.162. The highest BCUT2D eigenvalue weighted by atomic mass is 16.7. The first kappa shape index (κ1) is 35.9. The Morgan fingerprint density at radius 2 is 1.75 bits per heavy atom. The Morgan fingerprint density at radius 1 is 1.02 bits per heavy atom. The quantitative estimate of drug-likeness (QED) is 0.197. The van der Waals surface area contributed by atoms with Gasteiger partial charge in [-0.1, -0.05) is 58.9 Å². The number of hydrogen-bond acceptors (Lipinski definition) is 9. The first-order valence-corrected chi connectivity index (χ1v) is 19.0. The van der Waals surface area contributed by atoms with E-state index in [1.54, 1.807) is 31.3 Å². The van der Waals surface area contributed by atoms with E-state index in [2.05, 4.69) is 40.7 Å². The van der Waals surface area contributed by atoms with Crippen molar-refractivity contribution in [1.82, 2.24) is 5.06 Å². The highest BCUT2D eigenvalue weighted by molar-refractivity contribution is 5.93. The largest absolute Gasteiger partial charge is 0.493 e. The molecule has 4 unspecified atom stereocenters. The fraction of sp³-hybridized carbons (Fsp3) is 0.667. The van der Waals surface area contributed by atoms with E-state index < -0.39 is 18.0 Å². The molecule has 6 aliphatic rings. The van der Waals surface area contributed by atoms with Gasteiger partial charge in [0, 0.05) is 44.6 Å². The lowest BCUT2D eigenvalue weighted by Crippen LogP contribution is -2.55. The van der Waals surface area contributed by atoms with Crippen LogP contribution in [0.4, 0.5) is 0 Å². The molecule has 0 bridgehead atoms. The fourth-order valence-electron chi connectivity index (χ4n) is 12.6. The first-order valence-electron chi connectivity index (χ1n) is 19.0. The van der Waals surface area contributed by atoms with Crippen LogP contribution in [-0.2, 0) is 33.4 Å². The lowest BCUT2D eigenvalue weighted by Gasteiger charge is -2.61. The summed E-state index contributed by atoms with van der Waals surface area (Å²) in [4.78, 5) is 57.0. The van der Waals surface area contributed by atoms with Crippen molar-refractivity contribution in [2.45, 2.75) is 99.2 Å². The van der Waals surface area contributed by atoms with Crippen LogP contribution in [-0.4, -0.2) is 61.2 Å². The maximum absolute atomic E-state index is 12.9. The van der Waals surface area contributed by atoms with E-state index in [1.165, 1.54) is 18.9 Å². The molecule has 1 heterocycles. The molecule has 9 heteroatoms. The number of esters is 2. The molecule has 4 saturated carbocycles. The molecule has 1 aromatic rings. The van der Waals surface area contributed by atoms with E-state index in [0.717, 1.165) is 44.1 Å². The second-order valence-electron chi connectivity index (χ2n) is 17.4. The molecule has 12 atom stereocenters. The molecular weight excluding hydrogens is 646 g/mol. The van der Waals surface area contributed by atoms with Crippen molar-refractivity contribution in [2.75, 3.05) is 20.2 Å². The van der Waals surface area contributed by atoms with Gasteiger partial charge in [0.25, 0.3) is 0 Å². The number of benzene rings is 1. The van der Waals surface area contributed by atoms with E-state index in [-0.39, 0.29) is 69.7 Å². The van der Waals surface area contributed by atoms with Gasteiger partial charge in [-0.2, -0.15) is 0 Å². The number of carbonyl (C=O) groups excluding carboxylic acids is 4. The van der Waals surface area contributed by atoms with Crippen LogP contribution in [0, 0.1) is 57.2 Å². The zero-order chi connectivity index (χ0) is 36.7. The molecule has 1 aromatic carbocycles. The minimum absolute atomic E-state index is 0.00503. The highest BCUT2D eigenvalue weighted by Gasteiger charge is 2.81. The van der Waals surface area contributed by atoms with Crippen molar-refractivity contribution in [2.24, 2.45) is 57.2 Å².